The second-order valence-corrected chi connectivity index (χ2v) is 4.21. The average Bonchev–Trinajstić information content (AvgIpc) is 2.76. The number of ether oxygens (including phenoxy) is 1. The monoisotopic (exact) mass is 184 g/mol. The molecule has 0 saturated carbocycles. The average molecular weight is 184 g/mol. The van der Waals surface area contributed by atoms with E-state index in [4.69, 9.17) is 4.74 Å². The minimum atomic E-state index is 0.451. The molecular formula is C10H20N2O. The number of nitrogens with one attached hydrogen (secondary N) is 1. The molecule has 2 rings (SSSR count). The second-order valence-electron chi connectivity index (χ2n) is 4.21. The SMILES string of the molecule is COC1CNC(CN2CCCC2)C1. The van der Waals surface area contributed by atoms with Crippen molar-refractivity contribution in [2.45, 2.75) is 31.4 Å². The zero-order valence-electron chi connectivity index (χ0n) is 8.46. The van der Waals surface area contributed by atoms with E-state index < -0.39 is 0 Å². The summed E-state index contributed by atoms with van der Waals surface area (Å²) in [5.41, 5.74) is 0. The van der Waals surface area contributed by atoms with Crippen molar-refractivity contribution in [2.75, 3.05) is 33.3 Å². The number of rotatable bonds is 3. The fraction of sp³-hybridized carbons (Fsp3) is 1.00. The van der Waals surface area contributed by atoms with Gasteiger partial charge in [0.2, 0.25) is 0 Å². The number of hydrogen-bond donors (Lipinski definition) is 1. The van der Waals surface area contributed by atoms with Gasteiger partial charge in [0.05, 0.1) is 6.10 Å². The topological polar surface area (TPSA) is 24.5 Å². The van der Waals surface area contributed by atoms with Gasteiger partial charge in [-0.25, -0.2) is 0 Å². The summed E-state index contributed by atoms with van der Waals surface area (Å²) in [6.45, 7) is 4.86. The molecule has 0 aromatic rings. The van der Waals surface area contributed by atoms with Crippen LogP contribution >= 0.6 is 0 Å². The number of nitrogens with zero attached hydrogens (tertiary/aromatic N) is 1. The first kappa shape index (κ1) is 9.44. The van der Waals surface area contributed by atoms with Gasteiger partial charge in [-0.15, -0.1) is 0 Å². The maximum atomic E-state index is 5.32. The van der Waals surface area contributed by atoms with E-state index in [2.05, 4.69) is 10.2 Å². The van der Waals surface area contributed by atoms with Crippen molar-refractivity contribution in [3.8, 4) is 0 Å². The van der Waals surface area contributed by atoms with Crippen LogP contribution < -0.4 is 5.32 Å². The molecule has 2 aliphatic heterocycles. The van der Waals surface area contributed by atoms with E-state index in [0.717, 1.165) is 6.54 Å². The minimum Gasteiger partial charge on any atom is -0.380 e. The lowest BCUT2D eigenvalue weighted by molar-refractivity contribution is 0.116. The molecular weight excluding hydrogens is 164 g/mol. The van der Waals surface area contributed by atoms with Crippen molar-refractivity contribution in [1.29, 1.82) is 0 Å². The molecule has 1 N–H and O–H groups in total. The van der Waals surface area contributed by atoms with Gasteiger partial charge in [0.25, 0.3) is 0 Å². The maximum Gasteiger partial charge on any atom is 0.0711 e. The quantitative estimate of drug-likeness (QED) is 0.689. The van der Waals surface area contributed by atoms with E-state index in [-0.39, 0.29) is 0 Å². The molecule has 76 valence electrons. The Morgan fingerprint density at radius 3 is 2.77 bits per heavy atom. The number of likely N-dealkylation sites (tertiary alicyclic amines) is 1. The summed E-state index contributed by atoms with van der Waals surface area (Å²) in [6.07, 6.45) is 4.42. The van der Waals surface area contributed by atoms with Crippen LogP contribution in [-0.2, 0) is 4.74 Å². The van der Waals surface area contributed by atoms with Crippen molar-refractivity contribution >= 4 is 0 Å². The second kappa shape index (κ2) is 4.40. The van der Waals surface area contributed by atoms with Crippen LogP contribution in [0.2, 0.25) is 0 Å². The van der Waals surface area contributed by atoms with Crippen LogP contribution in [0.15, 0.2) is 0 Å². The lowest BCUT2D eigenvalue weighted by Crippen LogP contribution is -2.35. The van der Waals surface area contributed by atoms with Crippen LogP contribution in [0.25, 0.3) is 0 Å². The number of hydrogen-bond acceptors (Lipinski definition) is 3. The summed E-state index contributed by atoms with van der Waals surface area (Å²) in [5.74, 6) is 0. The highest BCUT2D eigenvalue weighted by Gasteiger charge is 2.26. The van der Waals surface area contributed by atoms with E-state index in [1.807, 2.05) is 7.11 Å². The van der Waals surface area contributed by atoms with E-state index in [9.17, 15) is 0 Å². The molecule has 2 fully saturated rings. The van der Waals surface area contributed by atoms with E-state index in [1.165, 1.54) is 38.9 Å². The van der Waals surface area contributed by atoms with Crippen molar-refractivity contribution in [1.82, 2.24) is 10.2 Å². The molecule has 3 nitrogen and oxygen atoms in total. The van der Waals surface area contributed by atoms with Crippen LogP contribution in [0, 0.1) is 0 Å². The van der Waals surface area contributed by atoms with Crippen molar-refractivity contribution in [2.24, 2.45) is 0 Å². The predicted molar refractivity (Wildman–Crippen MR) is 52.9 cm³/mol. The minimum absolute atomic E-state index is 0.451. The highest BCUT2D eigenvalue weighted by molar-refractivity contribution is 4.85. The Balaban J connectivity index is 1.70. The van der Waals surface area contributed by atoms with Crippen LogP contribution in [0.5, 0.6) is 0 Å². The Bertz CT molecular complexity index is 157. The van der Waals surface area contributed by atoms with Gasteiger partial charge in [-0.05, 0) is 32.4 Å². The molecule has 0 aliphatic carbocycles. The predicted octanol–water partition coefficient (Wildman–Crippen LogP) is 0.459. The first-order valence-corrected chi connectivity index (χ1v) is 5.37. The van der Waals surface area contributed by atoms with Crippen LogP contribution in [0.3, 0.4) is 0 Å². The molecule has 2 aliphatic rings. The van der Waals surface area contributed by atoms with Crippen molar-refractivity contribution < 1.29 is 4.74 Å². The Labute approximate surface area is 80.4 Å². The van der Waals surface area contributed by atoms with E-state index in [0.29, 0.717) is 12.1 Å². The highest BCUT2D eigenvalue weighted by atomic mass is 16.5. The maximum absolute atomic E-state index is 5.32. The molecule has 0 aromatic heterocycles. The zero-order valence-corrected chi connectivity index (χ0v) is 8.46. The van der Waals surface area contributed by atoms with E-state index >= 15 is 0 Å². The van der Waals surface area contributed by atoms with Gasteiger partial charge in [-0.1, -0.05) is 0 Å². The molecule has 3 heteroatoms. The summed E-state index contributed by atoms with van der Waals surface area (Å²) in [4.78, 5) is 2.57. The van der Waals surface area contributed by atoms with Gasteiger partial charge >= 0.3 is 0 Å². The molecule has 0 radical (unpaired) electrons. The van der Waals surface area contributed by atoms with Crippen LogP contribution in [0.1, 0.15) is 19.3 Å². The third-order valence-corrected chi connectivity index (χ3v) is 3.19. The lowest BCUT2D eigenvalue weighted by Gasteiger charge is -2.19. The largest absolute Gasteiger partial charge is 0.380 e. The summed E-state index contributed by atoms with van der Waals surface area (Å²) >= 11 is 0. The van der Waals surface area contributed by atoms with Crippen molar-refractivity contribution in [3.05, 3.63) is 0 Å². The fourth-order valence-electron chi connectivity index (χ4n) is 2.38. The normalized spacial score (nSPS) is 35.8. The molecule has 0 aromatic carbocycles. The Hall–Kier alpha value is -0.120. The summed E-state index contributed by atoms with van der Waals surface area (Å²) in [5, 5.41) is 3.52. The highest BCUT2D eigenvalue weighted by Crippen LogP contribution is 2.14. The Morgan fingerprint density at radius 1 is 1.38 bits per heavy atom. The molecule has 0 spiro atoms. The third-order valence-electron chi connectivity index (χ3n) is 3.19. The Morgan fingerprint density at radius 2 is 2.15 bits per heavy atom. The van der Waals surface area contributed by atoms with Gasteiger partial charge in [-0.3, -0.25) is 0 Å². The van der Waals surface area contributed by atoms with Gasteiger partial charge in [-0.2, -0.15) is 0 Å². The molecule has 0 bridgehead atoms. The first-order valence-electron chi connectivity index (χ1n) is 5.37. The molecule has 13 heavy (non-hydrogen) atoms. The Kier molecular flexibility index (Phi) is 3.19. The van der Waals surface area contributed by atoms with Gasteiger partial charge in [0.1, 0.15) is 0 Å². The summed E-state index contributed by atoms with van der Waals surface area (Å²) in [6, 6.07) is 0.669. The molecule has 2 atom stereocenters. The zero-order chi connectivity index (χ0) is 9.10. The molecule has 2 saturated heterocycles. The van der Waals surface area contributed by atoms with Gasteiger partial charge in [0.15, 0.2) is 0 Å². The van der Waals surface area contributed by atoms with E-state index in [1.54, 1.807) is 0 Å². The molecule has 2 unspecified atom stereocenters. The summed E-state index contributed by atoms with van der Waals surface area (Å²) in [7, 11) is 1.81. The van der Waals surface area contributed by atoms with Gasteiger partial charge in [0, 0.05) is 26.2 Å². The van der Waals surface area contributed by atoms with Crippen molar-refractivity contribution in [3.63, 3.8) is 0 Å². The smallest absolute Gasteiger partial charge is 0.0711 e. The summed E-state index contributed by atoms with van der Waals surface area (Å²) < 4.78 is 5.32. The fourth-order valence-corrected chi connectivity index (χ4v) is 2.38. The molecule has 2 heterocycles. The number of methoxy groups -OCH3 is 1. The lowest BCUT2D eigenvalue weighted by atomic mass is 10.2. The molecule has 0 amide bonds. The third kappa shape index (κ3) is 2.42. The van der Waals surface area contributed by atoms with Gasteiger partial charge < -0.3 is 15.0 Å². The standard InChI is InChI=1S/C10H20N2O/c1-13-10-6-9(11-7-10)8-12-4-2-3-5-12/h9-11H,2-8H2,1H3. The van der Waals surface area contributed by atoms with Crippen LogP contribution in [0.4, 0.5) is 0 Å². The first-order chi connectivity index (χ1) is 6.38. The van der Waals surface area contributed by atoms with Crippen LogP contribution in [-0.4, -0.2) is 50.3 Å².